The van der Waals surface area contributed by atoms with Crippen molar-refractivity contribution in [3.05, 3.63) is 98.5 Å². The molecule has 0 radical (unpaired) electrons. The molecular weight excluding hydrogens is 548 g/mol. The largest absolute Gasteiger partial charge is 0.483 e. The number of barbiturate groups is 1. The number of para-hydroxylation sites is 1. The monoisotopic (exact) mass is 564 g/mol. The van der Waals surface area contributed by atoms with Crippen molar-refractivity contribution in [3.8, 4) is 5.75 Å². The molecule has 0 saturated carbocycles. The number of nitro benzene ring substituents is 1. The van der Waals surface area contributed by atoms with Crippen LogP contribution in [-0.4, -0.2) is 35.3 Å². The molecule has 0 spiro atoms. The smallest absolute Gasteiger partial charge is 0.335 e. The van der Waals surface area contributed by atoms with Crippen molar-refractivity contribution in [2.24, 2.45) is 0 Å². The Morgan fingerprint density at radius 3 is 2.43 bits per heavy atom. The van der Waals surface area contributed by atoms with E-state index < -0.39 is 28.7 Å². The summed E-state index contributed by atoms with van der Waals surface area (Å²) in [5.74, 6) is -2.08. The molecule has 3 aromatic rings. The van der Waals surface area contributed by atoms with Gasteiger partial charge < -0.3 is 10.1 Å². The zero-order chi connectivity index (χ0) is 26.5. The maximum absolute atomic E-state index is 13.2. The highest BCUT2D eigenvalue weighted by Gasteiger charge is 2.37. The average molecular weight is 565 g/mol. The van der Waals surface area contributed by atoms with Gasteiger partial charge in [0, 0.05) is 27.9 Å². The van der Waals surface area contributed by atoms with Gasteiger partial charge in [-0.15, -0.1) is 0 Å². The molecule has 0 bridgehead atoms. The molecule has 0 aromatic heterocycles. The van der Waals surface area contributed by atoms with Gasteiger partial charge in [-0.2, -0.15) is 0 Å². The molecule has 1 fully saturated rings. The maximum atomic E-state index is 13.2. The topological polar surface area (TPSA) is 148 Å². The van der Waals surface area contributed by atoms with Crippen molar-refractivity contribution in [3.63, 3.8) is 0 Å². The third-order valence-corrected chi connectivity index (χ3v) is 5.60. The molecule has 0 atom stereocenters. The molecule has 2 N–H and O–H groups in total. The highest BCUT2D eigenvalue weighted by atomic mass is 79.9. The van der Waals surface area contributed by atoms with Crippen LogP contribution in [0.3, 0.4) is 0 Å². The molecule has 1 heterocycles. The Labute approximate surface area is 218 Å². The first kappa shape index (κ1) is 25.3. The number of nitro groups is 1. The standard InChI is InChI=1S/C25H17BrN4O7/c26-16-6-11-21(37-14-22(31)27-17-4-2-1-3-5-17)15(12-16)13-20-23(32)28-25(34)29(24(20)33)18-7-9-19(10-8-18)30(35)36/h1-13H,14H2,(H,27,31)(H,28,32,34)/b20-13+. The van der Waals surface area contributed by atoms with Gasteiger partial charge >= 0.3 is 6.03 Å². The number of hydrogen-bond acceptors (Lipinski definition) is 7. The molecule has 5 amide bonds. The summed E-state index contributed by atoms with van der Waals surface area (Å²) in [6.07, 6.45) is 1.23. The zero-order valence-electron chi connectivity index (χ0n) is 18.8. The van der Waals surface area contributed by atoms with Crippen LogP contribution in [0, 0.1) is 10.1 Å². The Balaban J connectivity index is 1.59. The number of nitrogens with zero attached hydrogens (tertiary/aromatic N) is 2. The number of benzene rings is 3. The number of halogens is 1. The number of carbonyl (C=O) groups excluding carboxylic acids is 4. The lowest BCUT2D eigenvalue weighted by Gasteiger charge is -2.26. The van der Waals surface area contributed by atoms with Crippen LogP contribution in [0.15, 0.2) is 82.8 Å². The van der Waals surface area contributed by atoms with Crippen LogP contribution in [0.1, 0.15) is 5.56 Å². The summed E-state index contributed by atoms with van der Waals surface area (Å²) in [7, 11) is 0. The quantitative estimate of drug-likeness (QED) is 0.190. The van der Waals surface area contributed by atoms with E-state index in [1.807, 2.05) is 6.07 Å². The van der Waals surface area contributed by atoms with E-state index in [0.29, 0.717) is 20.6 Å². The predicted molar refractivity (Wildman–Crippen MR) is 137 cm³/mol. The SMILES string of the molecule is O=C(COc1ccc(Br)cc1/C=C1\C(=O)NC(=O)N(c2ccc([N+](=O)[O-])cc2)C1=O)Nc1ccccc1. The van der Waals surface area contributed by atoms with E-state index in [4.69, 9.17) is 4.74 Å². The lowest BCUT2D eigenvalue weighted by molar-refractivity contribution is -0.384. The first-order valence-corrected chi connectivity index (χ1v) is 11.5. The molecule has 37 heavy (non-hydrogen) atoms. The van der Waals surface area contributed by atoms with Crippen LogP contribution < -0.4 is 20.3 Å². The number of imide groups is 2. The summed E-state index contributed by atoms with van der Waals surface area (Å²) in [5, 5.41) is 15.7. The highest BCUT2D eigenvalue weighted by molar-refractivity contribution is 9.10. The Morgan fingerprint density at radius 1 is 1.05 bits per heavy atom. The Kier molecular flexibility index (Phi) is 7.39. The molecule has 186 valence electrons. The molecular formula is C25H17BrN4O7. The number of non-ortho nitro benzene ring substituents is 1. The second kappa shape index (κ2) is 10.8. The molecule has 3 aromatic carbocycles. The van der Waals surface area contributed by atoms with E-state index in [-0.39, 0.29) is 29.3 Å². The average Bonchev–Trinajstić information content (AvgIpc) is 2.87. The van der Waals surface area contributed by atoms with Crippen molar-refractivity contribution in [1.82, 2.24) is 5.32 Å². The highest BCUT2D eigenvalue weighted by Crippen LogP contribution is 2.29. The normalized spacial score (nSPS) is 14.4. The Hall–Kier alpha value is -4.84. The molecule has 12 heteroatoms. The van der Waals surface area contributed by atoms with Gasteiger partial charge in [0.1, 0.15) is 11.3 Å². The number of rotatable bonds is 7. The van der Waals surface area contributed by atoms with Gasteiger partial charge in [0.2, 0.25) is 0 Å². The first-order chi connectivity index (χ1) is 17.7. The lowest BCUT2D eigenvalue weighted by atomic mass is 10.1. The lowest BCUT2D eigenvalue weighted by Crippen LogP contribution is -2.54. The van der Waals surface area contributed by atoms with Crippen molar-refractivity contribution in [2.75, 3.05) is 16.8 Å². The third-order valence-electron chi connectivity index (χ3n) is 5.11. The third kappa shape index (κ3) is 5.87. The number of nitrogens with one attached hydrogen (secondary N) is 2. The van der Waals surface area contributed by atoms with Crippen molar-refractivity contribution >= 4 is 62.8 Å². The van der Waals surface area contributed by atoms with Crippen molar-refractivity contribution in [1.29, 1.82) is 0 Å². The number of urea groups is 1. The fraction of sp³-hybridized carbons (Fsp3) is 0.0400. The zero-order valence-corrected chi connectivity index (χ0v) is 20.4. The number of amides is 5. The van der Waals surface area contributed by atoms with Gasteiger partial charge in [0.15, 0.2) is 6.61 Å². The van der Waals surface area contributed by atoms with Crippen LogP contribution in [0.5, 0.6) is 5.75 Å². The van der Waals surface area contributed by atoms with Gasteiger partial charge in [0.25, 0.3) is 23.4 Å². The van der Waals surface area contributed by atoms with E-state index in [2.05, 4.69) is 26.6 Å². The van der Waals surface area contributed by atoms with E-state index in [9.17, 15) is 29.3 Å². The number of anilines is 2. The van der Waals surface area contributed by atoms with Crippen molar-refractivity contribution in [2.45, 2.75) is 0 Å². The fourth-order valence-corrected chi connectivity index (χ4v) is 3.78. The molecule has 1 saturated heterocycles. The molecule has 0 unspecified atom stereocenters. The Morgan fingerprint density at radius 2 is 1.76 bits per heavy atom. The van der Waals surface area contributed by atoms with Gasteiger partial charge in [-0.3, -0.25) is 29.8 Å². The second-order valence-electron chi connectivity index (χ2n) is 7.62. The van der Waals surface area contributed by atoms with Crippen LogP contribution in [0.25, 0.3) is 6.08 Å². The minimum absolute atomic E-state index is 0.0369. The minimum Gasteiger partial charge on any atom is -0.483 e. The summed E-state index contributed by atoms with van der Waals surface area (Å²) in [4.78, 5) is 61.4. The van der Waals surface area contributed by atoms with Crippen LogP contribution >= 0.6 is 15.9 Å². The Bertz CT molecular complexity index is 1440. The van der Waals surface area contributed by atoms with E-state index in [1.54, 1.807) is 42.5 Å². The maximum Gasteiger partial charge on any atom is 0.335 e. The molecule has 0 aliphatic carbocycles. The minimum atomic E-state index is -0.996. The summed E-state index contributed by atoms with van der Waals surface area (Å²) < 4.78 is 6.25. The van der Waals surface area contributed by atoms with E-state index >= 15 is 0 Å². The molecule has 1 aliphatic heterocycles. The number of carbonyl (C=O) groups is 4. The first-order valence-electron chi connectivity index (χ1n) is 10.7. The summed E-state index contributed by atoms with van der Waals surface area (Å²) >= 11 is 3.32. The van der Waals surface area contributed by atoms with Gasteiger partial charge in [0.05, 0.1) is 10.6 Å². The molecule has 4 rings (SSSR count). The van der Waals surface area contributed by atoms with Crippen LogP contribution in [-0.2, 0) is 14.4 Å². The summed E-state index contributed by atoms with van der Waals surface area (Å²) in [6, 6.07) is 17.3. The van der Waals surface area contributed by atoms with Crippen LogP contribution in [0.4, 0.5) is 21.9 Å². The molecule has 1 aliphatic rings. The van der Waals surface area contributed by atoms with E-state index in [1.165, 1.54) is 18.2 Å². The van der Waals surface area contributed by atoms with Crippen molar-refractivity contribution < 1.29 is 28.8 Å². The summed E-state index contributed by atoms with van der Waals surface area (Å²) in [5.41, 5.74) is 0.310. The van der Waals surface area contributed by atoms with E-state index in [0.717, 1.165) is 12.1 Å². The number of hydrogen-bond donors (Lipinski definition) is 2. The summed E-state index contributed by atoms with van der Waals surface area (Å²) in [6.45, 7) is -0.347. The number of ether oxygens (including phenoxy) is 1. The predicted octanol–water partition coefficient (Wildman–Crippen LogP) is 4.04. The fourth-order valence-electron chi connectivity index (χ4n) is 3.40. The van der Waals surface area contributed by atoms with Gasteiger partial charge in [-0.25, -0.2) is 9.69 Å². The molecule has 11 nitrogen and oxygen atoms in total. The van der Waals surface area contributed by atoms with Gasteiger partial charge in [-0.05, 0) is 48.5 Å². The van der Waals surface area contributed by atoms with Gasteiger partial charge in [-0.1, -0.05) is 34.1 Å². The second-order valence-corrected chi connectivity index (χ2v) is 8.53. The van der Waals surface area contributed by atoms with Crippen LogP contribution in [0.2, 0.25) is 0 Å².